The van der Waals surface area contributed by atoms with Crippen molar-refractivity contribution in [2.24, 2.45) is 7.05 Å². The number of anilines is 2. The summed E-state index contributed by atoms with van der Waals surface area (Å²) in [7, 11) is 1.08. The van der Waals surface area contributed by atoms with Gasteiger partial charge in [-0.1, -0.05) is 11.6 Å². The Hall–Kier alpha value is -2.71. The molecule has 16 heteroatoms. The lowest BCUT2D eigenvalue weighted by Crippen LogP contribution is -2.27. The number of halogens is 7. The lowest BCUT2D eigenvalue weighted by atomic mass is 10.1. The summed E-state index contributed by atoms with van der Waals surface area (Å²) in [5.41, 5.74) is -1.96. The number of hydrogen-bond acceptors (Lipinski definition) is 8. The molecule has 0 fully saturated rings. The van der Waals surface area contributed by atoms with Crippen molar-refractivity contribution in [1.82, 2.24) is 24.7 Å². The lowest BCUT2D eigenvalue weighted by Gasteiger charge is -2.20. The van der Waals surface area contributed by atoms with Crippen LogP contribution >= 0.6 is 39.1 Å². The van der Waals surface area contributed by atoms with Gasteiger partial charge in [0, 0.05) is 24.7 Å². The number of aromatic nitrogens is 5. The van der Waals surface area contributed by atoms with E-state index in [9.17, 15) is 22.4 Å². The molecule has 2 N–H and O–H groups in total. The lowest BCUT2D eigenvalue weighted by molar-refractivity contribution is -0.144. The van der Waals surface area contributed by atoms with Gasteiger partial charge in [-0.2, -0.15) is 33.2 Å². The third kappa shape index (κ3) is 9.16. The van der Waals surface area contributed by atoms with Crippen molar-refractivity contribution < 1.29 is 27.1 Å². The minimum absolute atomic E-state index is 0.103. The summed E-state index contributed by atoms with van der Waals surface area (Å²) >= 11 is 14.4. The first-order valence-electron chi connectivity index (χ1n) is 11.8. The highest BCUT2D eigenvalue weighted by atomic mass is 79.9. The van der Waals surface area contributed by atoms with E-state index in [-0.39, 0.29) is 32.7 Å². The van der Waals surface area contributed by atoms with Crippen LogP contribution in [0, 0.1) is 5.82 Å². The van der Waals surface area contributed by atoms with E-state index in [2.05, 4.69) is 46.6 Å². The summed E-state index contributed by atoms with van der Waals surface area (Å²) in [6.45, 7) is 12.0. The second-order valence-electron chi connectivity index (χ2n) is 9.56. The first-order valence-corrected chi connectivity index (χ1v) is 13.3. The normalized spacial score (nSPS) is 11.7. The molecule has 3 aromatic rings. The quantitative estimate of drug-likeness (QED) is 0.206. The maximum Gasteiger partial charge on any atom is 0.434 e. The van der Waals surface area contributed by atoms with Crippen LogP contribution in [0.1, 0.15) is 57.6 Å². The third-order valence-corrected chi connectivity index (χ3v) is 5.80. The number of alkyl halides is 3. The number of benzene rings is 1. The first kappa shape index (κ1) is 33.5. The molecule has 0 saturated heterocycles. The van der Waals surface area contributed by atoms with Gasteiger partial charge in [-0.05, 0) is 81.2 Å². The Morgan fingerprint density at radius 1 is 1.12 bits per heavy atom. The van der Waals surface area contributed by atoms with Crippen molar-refractivity contribution in [3.8, 4) is 11.3 Å². The van der Waals surface area contributed by atoms with Crippen molar-refractivity contribution in [2.75, 3.05) is 17.2 Å². The molecule has 2 aromatic heterocycles. The number of esters is 1. The molecule has 0 aliphatic heterocycles. The average molecular weight is 673 g/mol. The second-order valence-corrected chi connectivity index (χ2v) is 11.1. The molecule has 0 radical (unpaired) electrons. The van der Waals surface area contributed by atoms with E-state index >= 15 is 0 Å². The van der Waals surface area contributed by atoms with Gasteiger partial charge >= 0.3 is 12.1 Å². The number of carbonyl (C=O) groups is 1. The van der Waals surface area contributed by atoms with Crippen LogP contribution in [0.2, 0.25) is 10.3 Å². The van der Waals surface area contributed by atoms with Gasteiger partial charge in [-0.3, -0.25) is 4.68 Å². The molecule has 220 valence electrons. The standard InChI is InChI=1S/C15H12BrClF4N2O2.C9H16ClN5/c1-6(2)25-14(24)7-4-8(10(18)5-9(7)17)12-11(16)13(15(19,20)21)23(3)22-12;1-5-11-7-12-6(10)13-8(14-7)15-9(2,3)4/h4-6H,1-3H3;5H2,1-4H3,(H2,11,12,13,14,15). The summed E-state index contributed by atoms with van der Waals surface area (Å²) in [5.74, 6) is -0.759. The van der Waals surface area contributed by atoms with E-state index in [1.807, 2.05) is 27.7 Å². The molecule has 0 aliphatic rings. The Balaban J connectivity index is 0.000000319. The van der Waals surface area contributed by atoms with E-state index < -0.39 is 34.2 Å². The van der Waals surface area contributed by atoms with Crippen LogP contribution in [0.4, 0.5) is 29.5 Å². The van der Waals surface area contributed by atoms with Crippen molar-refractivity contribution >= 4 is 57.0 Å². The van der Waals surface area contributed by atoms with Gasteiger partial charge < -0.3 is 15.4 Å². The van der Waals surface area contributed by atoms with Gasteiger partial charge in [0.25, 0.3) is 0 Å². The molecule has 9 nitrogen and oxygen atoms in total. The number of carbonyl (C=O) groups excluding carboxylic acids is 1. The maximum atomic E-state index is 14.3. The second kappa shape index (κ2) is 13.3. The molecule has 3 rings (SSSR count). The highest BCUT2D eigenvalue weighted by molar-refractivity contribution is 9.10. The van der Waals surface area contributed by atoms with Gasteiger partial charge in [0.05, 0.1) is 21.2 Å². The molecule has 0 saturated carbocycles. The topological polar surface area (TPSA) is 107 Å². The highest BCUT2D eigenvalue weighted by Crippen LogP contribution is 2.41. The highest BCUT2D eigenvalue weighted by Gasteiger charge is 2.39. The van der Waals surface area contributed by atoms with Crippen LogP contribution in [0.25, 0.3) is 11.3 Å². The summed E-state index contributed by atoms with van der Waals surface area (Å²) < 4.78 is 58.6. The number of aryl methyl sites for hydroxylation is 1. The van der Waals surface area contributed by atoms with Crippen LogP contribution in [-0.4, -0.2) is 48.9 Å². The molecule has 0 aliphatic carbocycles. The van der Waals surface area contributed by atoms with E-state index in [0.717, 1.165) is 25.7 Å². The monoisotopic (exact) mass is 671 g/mol. The molecule has 1 aromatic carbocycles. The molecule has 2 heterocycles. The Labute approximate surface area is 247 Å². The van der Waals surface area contributed by atoms with Crippen molar-refractivity contribution in [1.29, 1.82) is 0 Å². The molecule has 40 heavy (non-hydrogen) atoms. The number of nitrogens with zero attached hydrogens (tertiary/aromatic N) is 5. The first-order chi connectivity index (χ1) is 18.3. The number of hydrogen-bond donors (Lipinski definition) is 2. The van der Waals surface area contributed by atoms with Crippen LogP contribution in [0.5, 0.6) is 0 Å². The summed E-state index contributed by atoms with van der Waals surface area (Å²) in [6.07, 6.45) is -5.14. The van der Waals surface area contributed by atoms with Gasteiger partial charge in [-0.15, -0.1) is 0 Å². The maximum absolute atomic E-state index is 14.3. The van der Waals surface area contributed by atoms with Crippen LogP contribution < -0.4 is 10.6 Å². The zero-order chi connectivity index (χ0) is 30.6. The molecule has 0 spiro atoms. The van der Waals surface area contributed by atoms with Gasteiger partial charge in [-0.25, -0.2) is 9.18 Å². The average Bonchev–Trinajstić information content (AvgIpc) is 3.06. The van der Waals surface area contributed by atoms with E-state index in [1.165, 1.54) is 0 Å². The smallest absolute Gasteiger partial charge is 0.434 e. The van der Waals surface area contributed by atoms with Crippen LogP contribution in [0.15, 0.2) is 16.6 Å². The molecule has 0 amide bonds. The van der Waals surface area contributed by atoms with E-state index in [1.54, 1.807) is 13.8 Å². The van der Waals surface area contributed by atoms with Crippen LogP contribution in [-0.2, 0) is 18.0 Å². The number of ether oxygens (including phenoxy) is 1. The largest absolute Gasteiger partial charge is 0.459 e. The fourth-order valence-corrected chi connectivity index (χ4v) is 4.28. The van der Waals surface area contributed by atoms with Gasteiger partial charge in [0.1, 0.15) is 11.5 Å². The third-order valence-electron chi connectivity index (χ3n) is 4.56. The molecule has 0 unspecified atom stereocenters. The predicted molar refractivity (Wildman–Crippen MR) is 149 cm³/mol. The van der Waals surface area contributed by atoms with Crippen molar-refractivity contribution in [3.05, 3.63) is 44.0 Å². The predicted octanol–water partition coefficient (Wildman–Crippen LogP) is 7.39. The fraction of sp³-hybridized carbons (Fsp3) is 0.458. The van der Waals surface area contributed by atoms with Crippen molar-refractivity contribution in [3.63, 3.8) is 0 Å². The molecule has 0 bridgehead atoms. The van der Waals surface area contributed by atoms with Gasteiger partial charge in [0.2, 0.25) is 17.2 Å². The molecular formula is C24H28BrCl2F4N7O2. The molecular weight excluding hydrogens is 645 g/mol. The van der Waals surface area contributed by atoms with E-state index in [4.69, 9.17) is 27.9 Å². The van der Waals surface area contributed by atoms with Gasteiger partial charge in [0.15, 0.2) is 5.69 Å². The SMILES string of the molecule is CC(C)OC(=O)c1cc(-c2nn(C)c(C(F)(F)F)c2Br)c(F)cc1Cl.CCNc1nc(Cl)nc(NC(C)(C)C)n1. The number of nitrogens with one attached hydrogen (secondary N) is 2. The Bertz CT molecular complexity index is 1360. The Morgan fingerprint density at radius 2 is 1.73 bits per heavy atom. The minimum atomic E-state index is -4.69. The van der Waals surface area contributed by atoms with Crippen LogP contribution in [0.3, 0.4) is 0 Å². The minimum Gasteiger partial charge on any atom is -0.459 e. The fourth-order valence-electron chi connectivity index (χ4n) is 3.12. The number of rotatable bonds is 6. The zero-order valence-corrected chi connectivity index (χ0v) is 25.7. The summed E-state index contributed by atoms with van der Waals surface area (Å²) in [4.78, 5) is 24.2. The zero-order valence-electron chi connectivity index (χ0n) is 22.6. The Morgan fingerprint density at radius 3 is 2.23 bits per heavy atom. The van der Waals surface area contributed by atoms with Crippen molar-refractivity contribution in [2.45, 2.75) is 59.4 Å². The molecule has 0 atom stereocenters. The summed E-state index contributed by atoms with van der Waals surface area (Å²) in [5, 5.41) is 9.81. The summed E-state index contributed by atoms with van der Waals surface area (Å²) in [6, 6.07) is 1.86. The Kier molecular flexibility index (Phi) is 11.1. The van der Waals surface area contributed by atoms with E-state index in [0.29, 0.717) is 16.6 Å².